The maximum atomic E-state index is 13.1. The molecule has 0 radical (unpaired) electrons. The van der Waals surface area contributed by atoms with E-state index < -0.39 is 18.2 Å². The van der Waals surface area contributed by atoms with E-state index in [4.69, 9.17) is 4.74 Å². The fraction of sp³-hybridized carbons (Fsp3) is 0.306. The smallest absolute Gasteiger partial charge is 0.252 e. The highest BCUT2D eigenvalue weighted by molar-refractivity contribution is 5.98. The Bertz CT molecular complexity index is 1490. The predicted octanol–water partition coefficient (Wildman–Crippen LogP) is 6.65. The van der Waals surface area contributed by atoms with Gasteiger partial charge in [-0.3, -0.25) is 14.4 Å². The molecule has 1 aliphatic rings. The van der Waals surface area contributed by atoms with Crippen LogP contribution in [0.1, 0.15) is 50.2 Å². The topological polar surface area (TPSA) is 75.8 Å². The Morgan fingerprint density at radius 3 is 2.24 bits per heavy atom. The molecule has 210 valence electrons. The summed E-state index contributed by atoms with van der Waals surface area (Å²) in [5, 5.41) is 5.17. The van der Waals surface area contributed by atoms with Gasteiger partial charge in [0.1, 0.15) is 0 Å². The number of carbonyl (C=O) groups is 3. The van der Waals surface area contributed by atoms with Crippen molar-refractivity contribution in [1.82, 2.24) is 5.32 Å². The summed E-state index contributed by atoms with van der Waals surface area (Å²) in [6.07, 6.45) is 2.64. The first-order valence-electron chi connectivity index (χ1n) is 14.7. The lowest BCUT2D eigenvalue weighted by Crippen LogP contribution is -2.43. The van der Waals surface area contributed by atoms with Gasteiger partial charge in [0.2, 0.25) is 0 Å². The van der Waals surface area contributed by atoms with Crippen molar-refractivity contribution < 1.29 is 19.1 Å². The SMILES string of the molecule is CCC[C@H](NC(=O)[C@H]1O[C@@H]1C(=O)CCCc1ccc(-c2ccccc2)cc1)C(=O)CCc1cccc2ccccc12. The zero-order valence-electron chi connectivity index (χ0n) is 23.6. The van der Waals surface area contributed by atoms with Crippen LogP contribution in [-0.4, -0.2) is 35.7 Å². The molecule has 1 heterocycles. The number of nitrogens with one attached hydrogen (secondary N) is 1. The van der Waals surface area contributed by atoms with Crippen LogP contribution in [-0.2, 0) is 32.0 Å². The van der Waals surface area contributed by atoms with Gasteiger partial charge in [-0.1, -0.05) is 110 Å². The summed E-state index contributed by atoms with van der Waals surface area (Å²) in [5.41, 5.74) is 4.64. The number of hydrogen-bond donors (Lipinski definition) is 1. The molecule has 0 spiro atoms. The minimum Gasteiger partial charge on any atom is -0.351 e. The number of aryl methyl sites for hydroxylation is 2. The first kappa shape index (κ1) is 28.4. The number of fused-ring (bicyclic) bond motifs is 1. The van der Waals surface area contributed by atoms with Crippen molar-refractivity contribution in [3.63, 3.8) is 0 Å². The summed E-state index contributed by atoms with van der Waals surface area (Å²) in [5.74, 6) is -0.410. The Morgan fingerprint density at radius 1 is 0.756 bits per heavy atom. The molecule has 1 N–H and O–H groups in total. The van der Waals surface area contributed by atoms with Crippen molar-refractivity contribution in [3.05, 3.63) is 108 Å². The summed E-state index contributed by atoms with van der Waals surface area (Å²) in [7, 11) is 0. The Morgan fingerprint density at radius 2 is 1.46 bits per heavy atom. The van der Waals surface area contributed by atoms with Crippen LogP contribution in [0.3, 0.4) is 0 Å². The van der Waals surface area contributed by atoms with E-state index in [0.717, 1.165) is 29.2 Å². The van der Waals surface area contributed by atoms with Crippen LogP contribution in [0.5, 0.6) is 0 Å². The Kier molecular flexibility index (Phi) is 9.37. The number of ketones is 2. The summed E-state index contributed by atoms with van der Waals surface area (Å²) < 4.78 is 5.47. The van der Waals surface area contributed by atoms with Crippen molar-refractivity contribution in [2.75, 3.05) is 0 Å². The molecule has 41 heavy (non-hydrogen) atoms. The van der Waals surface area contributed by atoms with Gasteiger partial charge in [-0.15, -0.1) is 0 Å². The molecule has 5 rings (SSSR count). The average Bonchev–Trinajstić information content (AvgIpc) is 3.82. The Balaban J connectivity index is 1.07. The maximum Gasteiger partial charge on any atom is 0.252 e. The molecule has 1 saturated heterocycles. The molecule has 1 amide bonds. The highest BCUT2D eigenvalue weighted by Gasteiger charge is 2.50. The van der Waals surface area contributed by atoms with Gasteiger partial charge >= 0.3 is 0 Å². The fourth-order valence-electron chi connectivity index (χ4n) is 5.46. The third-order valence-electron chi connectivity index (χ3n) is 7.82. The van der Waals surface area contributed by atoms with Crippen LogP contribution in [0, 0.1) is 0 Å². The number of amides is 1. The van der Waals surface area contributed by atoms with E-state index in [9.17, 15) is 14.4 Å². The van der Waals surface area contributed by atoms with Crippen molar-refractivity contribution >= 4 is 28.2 Å². The van der Waals surface area contributed by atoms with Crippen LogP contribution in [0.15, 0.2) is 97.1 Å². The van der Waals surface area contributed by atoms with Crippen LogP contribution in [0.4, 0.5) is 0 Å². The van der Waals surface area contributed by atoms with Gasteiger partial charge in [-0.2, -0.15) is 0 Å². The third-order valence-corrected chi connectivity index (χ3v) is 7.82. The fourth-order valence-corrected chi connectivity index (χ4v) is 5.46. The first-order chi connectivity index (χ1) is 20.0. The van der Waals surface area contributed by atoms with Crippen molar-refractivity contribution in [2.45, 2.75) is 70.1 Å². The Hall–Kier alpha value is -4.09. The third kappa shape index (κ3) is 7.36. The van der Waals surface area contributed by atoms with E-state index in [1.807, 2.05) is 43.3 Å². The van der Waals surface area contributed by atoms with E-state index in [-0.39, 0.29) is 17.5 Å². The molecule has 3 atom stereocenters. The molecule has 0 saturated carbocycles. The highest BCUT2D eigenvalue weighted by Crippen LogP contribution is 2.26. The van der Waals surface area contributed by atoms with Gasteiger partial charge in [0.25, 0.3) is 5.91 Å². The van der Waals surface area contributed by atoms with Crippen LogP contribution >= 0.6 is 0 Å². The van der Waals surface area contributed by atoms with Gasteiger partial charge in [0, 0.05) is 12.8 Å². The number of ether oxygens (including phenoxy) is 1. The van der Waals surface area contributed by atoms with Crippen molar-refractivity contribution in [3.8, 4) is 11.1 Å². The van der Waals surface area contributed by atoms with Gasteiger partial charge < -0.3 is 10.1 Å². The minimum atomic E-state index is -0.794. The first-order valence-corrected chi connectivity index (χ1v) is 14.7. The number of carbonyl (C=O) groups excluding carboxylic acids is 3. The molecule has 0 aromatic heterocycles. The number of hydrogen-bond acceptors (Lipinski definition) is 4. The minimum absolute atomic E-state index is 0.00921. The highest BCUT2D eigenvalue weighted by atomic mass is 16.6. The lowest BCUT2D eigenvalue weighted by Gasteiger charge is -2.17. The monoisotopic (exact) mass is 547 g/mol. The van der Waals surface area contributed by atoms with Crippen molar-refractivity contribution in [2.24, 2.45) is 0 Å². The molecular formula is C36H37NO4. The molecule has 1 fully saturated rings. The van der Waals surface area contributed by atoms with Crippen molar-refractivity contribution in [1.29, 1.82) is 0 Å². The number of rotatable bonds is 14. The Labute approximate surface area is 241 Å². The quantitative estimate of drug-likeness (QED) is 0.179. The van der Waals surface area contributed by atoms with E-state index in [0.29, 0.717) is 32.1 Å². The molecular weight excluding hydrogens is 510 g/mol. The lowest BCUT2D eigenvalue weighted by atomic mass is 9.96. The van der Waals surface area contributed by atoms with E-state index >= 15 is 0 Å². The maximum absolute atomic E-state index is 13.1. The van der Waals surface area contributed by atoms with E-state index in [1.54, 1.807) is 0 Å². The molecule has 5 nitrogen and oxygen atoms in total. The standard InChI is InChI=1S/C36H37NO4/c1-2-10-31(32(38)24-23-29-16-9-15-28-14-6-7-17-30(28)29)37-36(40)35-34(41-35)33(39)18-8-11-25-19-21-27(22-20-25)26-12-4-3-5-13-26/h3-7,9,12-17,19-22,31,34-35H,2,8,10-11,18,23-24H2,1H3,(H,37,40)/t31-,34+,35-/m0/s1. The second-order valence-electron chi connectivity index (χ2n) is 10.8. The molecule has 5 heteroatoms. The second kappa shape index (κ2) is 13.5. The lowest BCUT2D eigenvalue weighted by molar-refractivity contribution is -0.128. The summed E-state index contributed by atoms with van der Waals surface area (Å²) >= 11 is 0. The normalized spacial score (nSPS) is 16.7. The van der Waals surface area contributed by atoms with Gasteiger partial charge in [-0.05, 0) is 58.7 Å². The zero-order valence-corrected chi connectivity index (χ0v) is 23.6. The molecule has 0 bridgehead atoms. The largest absolute Gasteiger partial charge is 0.351 e. The molecule has 0 unspecified atom stereocenters. The summed E-state index contributed by atoms with van der Waals surface area (Å²) in [4.78, 5) is 38.6. The molecule has 4 aromatic rings. The van der Waals surface area contributed by atoms with E-state index in [2.05, 4.69) is 66.0 Å². The summed E-state index contributed by atoms with van der Waals surface area (Å²) in [6, 6.07) is 32.3. The van der Waals surface area contributed by atoms with Gasteiger partial charge in [-0.25, -0.2) is 0 Å². The van der Waals surface area contributed by atoms with Crippen LogP contribution in [0.2, 0.25) is 0 Å². The molecule has 1 aliphatic heterocycles. The zero-order chi connectivity index (χ0) is 28.6. The van der Waals surface area contributed by atoms with E-state index in [1.165, 1.54) is 16.7 Å². The van der Waals surface area contributed by atoms with Gasteiger partial charge in [0.15, 0.2) is 23.8 Å². The molecule has 0 aliphatic carbocycles. The van der Waals surface area contributed by atoms with Crippen LogP contribution in [0.25, 0.3) is 21.9 Å². The van der Waals surface area contributed by atoms with Gasteiger partial charge in [0.05, 0.1) is 6.04 Å². The number of epoxide rings is 1. The predicted molar refractivity (Wildman–Crippen MR) is 163 cm³/mol. The average molecular weight is 548 g/mol. The molecule has 4 aromatic carbocycles. The summed E-state index contributed by atoms with van der Waals surface area (Å²) in [6.45, 7) is 1.99. The van der Waals surface area contributed by atoms with Crippen LogP contribution < -0.4 is 5.32 Å². The number of benzene rings is 4. The second-order valence-corrected chi connectivity index (χ2v) is 10.8. The number of Topliss-reactive ketones (excluding diaryl/α,β-unsaturated/α-hetero) is 2.